The van der Waals surface area contributed by atoms with Gasteiger partial charge in [0.25, 0.3) is 11.8 Å². The average Bonchev–Trinajstić information content (AvgIpc) is 3.13. The highest BCUT2D eigenvalue weighted by molar-refractivity contribution is 5.93. The van der Waals surface area contributed by atoms with Gasteiger partial charge in [-0.1, -0.05) is 5.16 Å². The molecule has 2 aliphatic rings. The van der Waals surface area contributed by atoms with Crippen LogP contribution in [0.3, 0.4) is 0 Å². The number of nitrogens with one attached hydrogen (secondary N) is 1. The van der Waals surface area contributed by atoms with Crippen molar-refractivity contribution in [3.8, 4) is 0 Å². The molecule has 126 valence electrons. The molecular weight excluding hydrogens is 310 g/mol. The SMILES string of the molecule is NC(=O)c1cc(C2CCCCN2C(=O)c2cc(C3CC3)on2)[nH]n1. The van der Waals surface area contributed by atoms with Crippen molar-refractivity contribution < 1.29 is 14.1 Å². The van der Waals surface area contributed by atoms with Crippen molar-refractivity contribution in [2.45, 2.75) is 44.1 Å². The van der Waals surface area contributed by atoms with Gasteiger partial charge in [-0.05, 0) is 38.2 Å². The number of piperidine rings is 1. The minimum absolute atomic E-state index is 0.148. The van der Waals surface area contributed by atoms with Crippen molar-refractivity contribution in [3.63, 3.8) is 0 Å². The number of hydrogen-bond donors (Lipinski definition) is 2. The van der Waals surface area contributed by atoms with Crippen LogP contribution in [-0.4, -0.2) is 38.6 Å². The molecule has 2 aromatic rings. The molecule has 0 radical (unpaired) electrons. The number of aromatic nitrogens is 3. The zero-order valence-electron chi connectivity index (χ0n) is 13.2. The van der Waals surface area contributed by atoms with Crippen molar-refractivity contribution in [2.24, 2.45) is 5.73 Å². The molecule has 2 fully saturated rings. The lowest BCUT2D eigenvalue weighted by Gasteiger charge is -2.34. The van der Waals surface area contributed by atoms with E-state index in [1.165, 1.54) is 0 Å². The lowest BCUT2D eigenvalue weighted by Crippen LogP contribution is -2.38. The molecule has 1 aliphatic carbocycles. The van der Waals surface area contributed by atoms with E-state index >= 15 is 0 Å². The molecule has 2 aromatic heterocycles. The number of aromatic amines is 1. The maximum absolute atomic E-state index is 12.9. The molecule has 4 rings (SSSR count). The predicted octanol–water partition coefficient (Wildman–Crippen LogP) is 1.74. The zero-order chi connectivity index (χ0) is 16.7. The normalized spacial score (nSPS) is 21.0. The van der Waals surface area contributed by atoms with Gasteiger partial charge in [0.15, 0.2) is 5.69 Å². The Morgan fingerprint density at radius 1 is 1.21 bits per heavy atom. The summed E-state index contributed by atoms with van der Waals surface area (Å²) < 4.78 is 5.30. The molecular formula is C16H19N5O3. The molecule has 2 amide bonds. The largest absolute Gasteiger partial charge is 0.364 e. The number of carbonyl (C=O) groups excluding carboxylic acids is 2. The summed E-state index contributed by atoms with van der Waals surface area (Å²) in [6.07, 6.45) is 4.94. The van der Waals surface area contributed by atoms with Gasteiger partial charge in [-0.2, -0.15) is 5.10 Å². The van der Waals surface area contributed by atoms with Gasteiger partial charge in [0.2, 0.25) is 0 Å². The van der Waals surface area contributed by atoms with Gasteiger partial charge in [-0.15, -0.1) is 0 Å². The van der Waals surface area contributed by atoms with Gasteiger partial charge in [-0.25, -0.2) is 0 Å². The summed E-state index contributed by atoms with van der Waals surface area (Å²) in [6, 6.07) is 3.22. The number of amides is 2. The lowest BCUT2D eigenvalue weighted by atomic mass is 9.98. The summed E-state index contributed by atoms with van der Waals surface area (Å²) >= 11 is 0. The Hall–Kier alpha value is -2.64. The highest BCUT2D eigenvalue weighted by Crippen LogP contribution is 2.40. The van der Waals surface area contributed by atoms with Crippen molar-refractivity contribution in [1.29, 1.82) is 0 Å². The Kier molecular flexibility index (Phi) is 3.59. The van der Waals surface area contributed by atoms with E-state index in [9.17, 15) is 9.59 Å². The Balaban J connectivity index is 1.58. The predicted molar refractivity (Wildman–Crippen MR) is 83.2 cm³/mol. The fourth-order valence-corrected chi connectivity index (χ4v) is 3.23. The average molecular weight is 329 g/mol. The van der Waals surface area contributed by atoms with E-state index in [-0.39, 0.29) is 17.6 Å². The van der Waals surface area contributed by atoms with Crippen molar-refractivity contribution >= 4 is 11.8 Å². The van der Waals surface area contributed by atoms with Crippen LogP contribution in [0, 0.1) is 0 Å². The van der Waals surface area contributed by atoms with E-state index < -0.39 is 5.91 Å². The van der Waals surface area contributed by atoms with E-state index in [4.69, 9.17) is 10.3 Å². The highest BCUT2D eigenvalue weighted by atomic mass is 16.5. The van der Waals surface area contributed by atoms with Gasteiger partial charge < -0.3 is 15.2 Å². The van der Waals surface area contributed by atoms with Crippen molar-refractivity contribution in [2.75, 3.05) is 6.54 Å². The fourth-order valence-electron chi connectivity index (χ4n) is 3.23. The maximum atomic E-state index is 12.9. The smallest absolute Gasteiger partial charge is 0.276 e. The lowest BCUT2D eigenvalue weighted by molar-refractivity contribution is 0.0595. The van der Waals surface area contributed by atoms with Gasteiger partial charge >= 0.3 is 0 Å². The number of likely N-dealkylation sites (tertiary alicyclic amines) is 1. The minimum Gasteiger partial charge on any atom is -0.364 e. The van der Waals surface area contributed by atoms with Crippen LogP contribution < -0.4 is 5.73 Å². The Morgan fingerprint density at radius 2 is 2.04 bits per heavy atom. The van der Waals surface area contributed by atoms with E-state index in [1.807, 2.05) is 0 Å². The summed E-state index contributed by atoms with van der Waals surface area (Å²) in [4.78, 5) is 25.9. The van der Waals surface area contributed by atoms with E-state index in [0.29, 0.717) is 18.2 Å². The molecule has 1 aliphatic heterocycles. The third-order valence-electron chi connectivity index (χ3n) is 4.70. The number of H-pyrrole nitrogens is 1. The molecule has 0 bridgehead atoms. The number of nitrogens with zero attached hydrogens (tertiary/aromatic N) is 3. The highest BCUT2D eigenvalue weighted by Gasteiger charge is 2.34. The van der Waals surface area contributed by atoms with Gasteiger partial charge in [-0.3, -0.25) is 14.7 Å². The monoisotopic (exact) mass is 329 g/mol. The van der Waals surface area contributed by atoms with Crippen LogP contribution in [0.15, 0.2) is 16.7 Å². The van der Waals surface area contributed by atoms with Crippen LogP contribution in [0.2, 0.25) is 0 Å². The Bertz CT molecular complexity index is 776. The number of nitrogens with two attached hydrogens (primary N) is 1. The first-order chi connectivity index (χ1) is 11.6. The molecule has 1 unspecified atom stereocenters. The first kappa shape index (κ1) is 14.9. The molecule has 8 heteroatoms. The van der Waals surface area contributed by atoms with Crippen molar-refractivity contribution in [1.82, 2.24) is 20.3 Å². The van der Waals surface area contributed by atoms with Crippen molar-refractivity contribution in [3.05, 3.63) is 35.0 Å². The number of rotatable bonds is 4. The third kappa shape index (κ3) is 2.68. The minimum atomic E-state index is -0.586. The van der Waals surface area contributed by atoms with Gasteiger partial charge in [0, 0.05) is 18.5 Å². The zero-order valence-corrected chi connectivity index (χ0v) is 13.2. The topological polar surface area (TPSA) is 118 Å². The Labute approximate surface area is 138 Å². The van der Waals surface area contributed by atoms with Gasteiger partial charge in [0.05, 0.1) is 11.7 Å². The summed E-state index contributed by atoms with van der Waals surface area (Å²) in [5, 5.41) is 10.7. The fraction of sp³-hybridized carbons (Fsp3) is 0.500. The molecule has 1 saturated heterocycles. The number of primary amides is 1. The summed E-state index contributed by atoms with van der Waals surface area (Å²) in [5.74, 6) is 0.480. The molecule has 3 heterocycles. The first-order valence-corrected chi connectivity index (χ1v) is 8.26. The quantitative estimate of drug-likeness (QED) is 0.885. The standard InChI is InChI=1S/C16H19N5O3/c17-15(22)11-7-10(18-19-11)13-3-1-2-6-21(13)16(23)12-8-14(24-20-12)9-4-5-9/h7-9,13H,1-6H2,(H2,17,22)(H,18,19). The molecule has 3 N–H and O–H groups in total. The summed E-state index contributed by atoms with van der Waals surface area (Å²) in [7, 11) is 0. The van der Waals surface area contributed by atoms with E-state index in [0.717, 1.165) is 43.6 Å². The first-order valence-electron chi connectivity index (χ1n) is 8.26. The summed E-state index contributed by atoms with van der Waals surface area (Å²) in [6.45, 7) is 0.639. The second-order valence-corrected chi connectivity index (χ2v) is 6.47. The van der Waals surface area contributed by atoms with Crippen LogP contribution in [0.5, 0.6) is 0 Å². The molecule has 1 saturated carbocycles. The molecule has 0 aromatic carbocycles. The van der Waals surface area contributed by atoms with Gasteiger partial charge in [0.1, 0.15) is 11.5 Å². The second-order valence-electron chi connectivity index (χ2n) is 6.47. The Morgan fingerprint density at radius 3 is 2.75 bits per heavy atom. The van der Waals surface area contributed by atoms with Crippen LogP contribution in [0.4, 0.5) is 0 Å². The molecule has 8 nitrogen and oxygen atoms in total. The van der Waals surface area contributed by atoms with E-state index in [1.54, 1.807) is 17.0 Å². The molecule has 1 atom stereocenters. The van der Waals surface area contributed by atoms with Crippen LogP contribution >= 0.6 is 0 Å². The van der Waals surface area contributed by atoms with E-state index in [2.05, 4.69) is 15.4 Å². The molecule has 24 heavy (non-hydrogen) atoms. The van der Waals surface area contributed by atoms with Crippen LogP contribution in [-0.2, 0) is 0 Å². The second kappa shape index (κ2) is 5.77. The molecule has 0 spiro atoms. The van der Waals surface area contributed by atoms with Crippen LogP contribution in [0.25, 0.3) is 0 Å². The summed E-state index contributed by atoms with van der Waals surface area (Å²) in [5.41, 5.74) is 6.51. The number of hydrogen-bond acceptors (Lipinski definition) is 5. The maximum Gasteiger partial charge on any atom is 0.276 e. The number of carbonyl (C=O) groups is 2. The third-order valence-corrected chi connectivity index (χ3v) is 4.70. The van der Waals surface area contributed by atoms with Crippen LogP contribution in [0.1, 0.15) is 76.5 Å².